The van der Waals surface area contributed by atoms with Crippen LogP contribution in [0.4, 0.5) is 0 Å². The highest BCUT2D eigenvalue weighted by Crippen LogP contribution is 2.37. The number of thiazole rings is 1. The number of ether oxygens (including phenoxy) is 1. The molecule has 0 aliphatic carbocycles. The largest absolute Gasteiger partial charge is 0.496 e. The summed E-state index contributed by atoms with van der Waals surface area (Å²) in [5, 5.41) is 18.7. The maximum Gasteiger partial charge on any atom is 0.342 e. The number of aromatic nitrogens is 3. The van der Waals surface area contributed by atoms with E-state index in [1.165, 1.54) is 24.9 Å². The number of para-hydroxylation sites is 1. The lowest BCUT2D eigenvalue weighted by atomic mass is 10.2. The number of benzene rings is 2. The zero-order chi connectivity index (χ0) is 24.4. The Morgan fingerprint density at radius 2 is 2.00 bits per heavy atom. The zero-order valence-electron chi connectivity index (χ0n) is 17.8. The minimum Gasteiger partial charge on any atom is -0.496 e. The van der Waals surface area contributed by atoms with Gasteiger partial charge in [-0.2, -0.15) is 0 Å². The number of aliphatic carboxylic acids is 1. The van der Waals surface area contributed by atoms with Gasteiger partial charge in [0.05, 0.1) is 22.9 Å². The fraction of sp³-hybridized carbons (Fsp3) is 0.0435. The van der Waals surface area contributed by atoms with Crippen LogP contribution in [0, 0.1) is 0 Å². The highest BCUT2D eigenvalue weighted by atomic mass is 35.5. The maximum absolute atomic E-state index is 11.9. The number of thioether (sulfide) groups is 1. The summed E-state index contributed by atoms with van der Waals surface area (Å²) in [4.78, 5) is 16.4. The van der Waals surface area contributed by atoms with Gasteiger partial charge in [0.25, 0.3) is 11.1 Å². The molecule has 0 spiro atoms. The predicted molar refractivity (Wildman–Crippen MR) is 135 cm³/mol. The van der Waals surface area contributed by atoms with Gasteiger partial charge in [-0.25, -0.2) is 9.78 Å². The standard InChI is InChI=1S/C23H14ClN3O5S3/c1-30-16-8-6-12(24)10-14(16)20-26-27-22(32-20)33-18(21(28)29)11-13-7-9-19(31-13)35-23-25-15-4-2-3-5-17(15)34-23/h2-11H,1H3,(H,28,29)/b18-11-. The molecular weight excluding hydrogens is 530 g/mol. The number of halogens is 1. The molecule has 176 valence electrons. The molecule has 0 radical (unpaired) electrons. The van der Waals surface area contributed by atoms with Crippen molar-refractivity contribution in [1.29, 1.82) is 0 Å². The van der Waals surface area contributed by atoms with Crippen molar-refractivity contribution in [2.24, 2.45) is 0 Å². The van der Waals surface area contributed by atoms with Crippen LogP contribution in [0.25, 0.3) is 27.7 Å². The van der Waals surface area contributed by atoms with Gasteiger partial charge in [0.2, 0.25) is 0 Å². The first-order valence-electron chi connectivity index (χ1n) is 9.92. The molecule has 0 amide bonds. The molecule has 0 aliphatic rings. The first-order chi connectivity index (χ1) is 17.0. The third-order valence-electron chi connectivity index (χ3n) is 4.54. The molecule has 8 nitrogen and oxygen atoms in total. The molecule has 0 saturated carbocycles. The number of nitrogens with zero attached hydrogens (tertiary/aromatic N) is 3. The van der Waals surface area contributed by atoms with E-state index in [9.17, 15) is 9.90 Å². The molecule has 0 atom stereocenters. The van der Waals surface area contributed by atoms with E-state index in [4.69, 9.17) is 25.2 Å². The Kier molecular flexibility index (Phi) is 6.82. The fourth-order valence-corrected chi connectivity index (χ4v) is 5.81. The maximum atomic E-state index is 11.9. The number of hydrogen-bond acceptors (Lipinski definition) is 10. The molecule has 12 heteroatoms. The highest BCUT2D eigenvalue weighted by Gasteiger charge is 2.19. The molecule has 35 heavy (non-hydrogen) atoms. The lowest BCUT2D eigenvalue weighted by Crippen LogP contribution is -1.96. The van der Waals surface area contributed by atoms with E-state index in [-0.39, 0.29) is 16.0 Å². The number of fused-ring (bicyclic) bond motifs is 1. The second kappa shape index (κ2) is 10.2. The average Bonchev–Trinajstić information content (AvgIpc) is 3.58. The Balaban J connectivity index is 1.34. The van der Waals surface area contributed by atoms with Gasteiger partial charge in [-0.3, -0.25) is 0 Å². The van der Waals surface area contributed by atoms with Gasteiger partial charge in [0, 0.05) is 11.1 Å². The third kappa shape index (κ3) is 5.38. The Morgan fingerprint density at radius 1 is 1.14 bits per heavy atom. The molecule has 3 heterocycles. The van der Waals surface area contributed by atoms with Gasteiger partial charge in [-0.15, -0.1) is 21.5 Å². The first kappa shape index (κ1) is 23.5. The van der Waals surface area contributed by atoms with Gasteiger partial charge in [-0.05, 0) is 66.0 Å². The lowest BCUT2D eigenvalue weighted by Gasteiger charge is -2.04. The summed E-state index contributed by atoms with van der Waals surface area (Å²) in [6.45, 7) is 0. The van der Waals surface area contributed by atoms with E-state index in [0.717, 1.165) is 26.3 Å². The van der Waals surface area contributed by atoms with Crippen molar-refractivity contribution in [3.05, 3.63) is 70.3 Å². The molecule has 5 aromatic rings. The van der Waals surface area contributed by atoms with E-state index in [1.54, 1.807) is 41.7 Å². The third-order valence-corrected chi connectivity index (χ3v) is 7.65. The Labute approximate surface area is 216 Å². The van der Waals surface area contributed by atoms with E-state index >= 15 is 0 Å². The van der Waals surface area contributed by atoms with E-state index < -0.39 is 5.97 Å². The Bertz CT molecular complexity index is 1530. The van der Waals surface area contributed by atoms with Crippen LogP contribution < -0.4 is 4.74 Å². The van der Waals surface area contributed by atoms with Crippen molar-refractivity contribution < 1.29 is 23.5 Å². The van der Waals surface area contributed by atoms with Crippen molar-refractivity contribution in [2.45, 2.75) is 14.7 Å². The number of carboxylic acids is 1. The summed E-state index contributed by atoms with van der Waals surface area (Å²) in [6.07, 6.45) is 1.40. The molecule has 0 aliphatic heterocycles. The molecular formula is C23H14ClN3O5S3. The van der Waals surface area contributed by atoms with E-state index in [0.29, 0.717) is 27.2 Å². The summed E-state index contributed by atoms with van der Waals surface area (Å²) in [5.74, 6) is -0.136. The smallest absolute Gasteiger partial charge is 0.342 e. The number of hydrogen-bond donors (Lipinski definition) is 1. The van der Waals surface area contributed by atoms with Crippen molar-refractivity contribution in [3.63, 3.8) is 0 Å². The minimum absolute atomic E-state index is 0.0475. The molecule has 5 rings (SSSR count). The van der Waals surface area contributed by atoms with Crippen LogP contribution in [0.3, 0.4) is 0 Å². The van der Waals surface area contributed by atoms with Crippen LogP contribution in [-0.2, 0) is 4.79 Å². The topological polar surface area (TPSA) is 111 Å². The summed E-state index contributed by atoms with van der Waals surface area (Å²) < 4.78 is 18.7. The van der Waals surface area contributed by atoms with Crippen molar-refractivity contribution in [3.8, 4) is 17.2 Å². The molecule has 2 aromatic carbocycles. The number of carboxylic acid groups (broad SMARTS) is 1. The Hall–Kier alpha value is -3.25. The summed E-state index contributed by atoms with van der Waals surface area (Å²) in [6, 6.07) is 16.3. The van der Waals surface area contributed by atoms with Crippen molar-refractivity contribution in [1.82, 2.24) is 15.2 Å². The molecule has 0 bridgehead atoms. The van der Waals surface area contributed by atoms with Crippen molar-refractivity contribution in [2.75, 3.05) is 7.11 Å². The second-order valence-corrected chi connectivity index (χ2v) is 10.6. The second-order valence-electron chi connectivity index (χ2n) is 6.84. The van der Waals surface area contributed by atoms with Gasteiger partial charge < -0.3 is 18.7 Å². The van der Waals surface area contributed by atoms with Gasteiger partial charge in [0.15, 0.2) is 9.43 Å². The SMILES string of the molecule is COc1ccc(Cl)cc1-c1nnc(S/C(=C\c2ccc(Sc3nc4ccccc4s3)o2)C(=O)O)o1. The Morgan fingerprint density at radius 3 is 2.80 bits per heavy atom. The summed E-state index contributed by atoms with van der Waals surface area (Å²) in [7, 11) is 1.51. The fourth-order valence-electron chi connectivity index (χ4n) is 3.01. The molecule has 0 saturated heterocycles. The summed E-state index contributed by atoms with van der Waals surface area (Å²) >= 11 is 9.81. The number of carbonyl (C=O) groups is 1. The average molecular weight is 544 g/mol. The zero-order valence-corrected chi connectivity index (χ0v) is 21.0. The minimum atomic E-state index is -1.16. The van der Waals surface area contributed by atoms with Crippen LogP contribution in [-0.4, -0.2) is 33.4 Å². The lowest BCUT2D eigenvalue weighted by molar-refractivity contribution is -0.131. The van der Waals surface area contributed by atoms with Crippen LogP contribution >= 0.6 is 46.5 Å². The van der Waals surface area contributed by atoms with Gasteiger partial charge >= 0.3 is 5.97 Å². The van der Waals surface area contributed by atoms with E-state index in [2.05, 4.69) is 15.2 Å². The van der Waals surface area contributed by atoms with Crippen molar-refractivity contribution >= 4 is 68.7 Å². The number of rotatable bonds is 8. The number of furan rings is 1. The number of methoxy groups -OCH3 is 1. The van der Waals surface area contributed by atoms with Crippen LogP contribution in [0.2, 0.25) is 5.02 Å². The monoisotopic (exact) mass is 543 g/mol. The molecule has 3 aromatic heterocycles. The van der Waals surface area contributed by atoms with Gasteiger partial charge in [0.1, 0.15) is 16.4 Å². The molecule has 0 unspecified atom stereocenters. The van der Waals surface area contributed by atoms with Crippen LogP contribution in [0.1, 0.15) is 5.76 Å². The summed E-state index contributed by atoms with van der Waals surface area (Å²) in [5.41, 5.74) is 1.42. The quantitative estimate of drug-likeness (QED) is 0.162. The molecule has 1 N–H and O–H groups in total. The highest BCUT2D eigenvalue weighted by molar-refractivity contribution is 8.03. The first-order valence-corrected chi connectivity index (χ1v) is 12.7. The van der Waals surface area contributed by atoms with E-state index in [1.807, 2.05) is 24.3 Å². The van der Waals surface area contributed by atoms with Crippen LogP contribution in [0.15, 0.2) is 83.0 Å². The molecule has 0 fully saturated rings. The van der Waals surface area contributed by atoms with Crippen LogP contribution in [0.5, 0.6) is 5.75 Å². The normalized spacial score (nSPS) is 11.8. The predicted octanol–water partition coefficient (Wildman–Crippen LogP) is 6.97. The van der Waals surface area contributed by atoms with Gasteiger partial charge in [-0.1, -0.05) is 23.7 Å².